The topological polar surface area (TPSA) is 77.3 Å². The van der Waals surface area contributed by atoms with Crippen LogP contribution in [0.1, 0.15) is 32.4 Å². The van der Waals surface area contributed by atoms with Crippen LogP contribution in [-0.4, -0.2) is 59.2 Å². The highest BCUT2D eigenvalue weighted by molar-refractivity contribution is 6.03. The van der Waals surface area contributed by atoms with Crippen LogP contribution in [0.25, 0.3) is 33.4 Å². The molecule has 5 heterocycles. The van der Waals surface area contributed by atoms with E-state index in [1.807, 2.05) is 30.2 Å². The molecule has 1 N–H and O–H groups in total. The third-order valence-electron chi connectivity index (χ3n) is 7.20. The largest absolute Gasteiger partial charge is 0.388 e. The Balaban J connectivity index is 1.58. The lowest BCUT2D eigenvalue weighted by atomic mass is 9.98. The van der Waals surface area contributed by atoms with Crippen LogP contribution in [-0.2, 0) is 9.47 Å². The lowest BCUT2D eigenvalue weighted by Gasteiger charge is -2.34. The van der Waals surface area contributed by atoms with Gasteiger partial charge in [-0.25, -0.2) is 9.67 Å². The molecular formula is C28H32N6O2. The summed E-state index contributed by atoms with van der Waals surface area (Å²) in [6.45, 7) is 5.13. The molecule has 2 fully saturated rings. The maximum absolute atomic E-state index is 6.07. The molecule has 4 aromatic rings. The van der Waals surface area contributed by atoms with Gasteiger partial charge in [0.2, 0.25) is 0 Å². The average Bonchev–Trinajstić information content (AvgIpc) is 3.43. The molecule has 0 amide bonds. The first-order chi connectivity index (χ1) is 17.7. The van der Waals surface area contributed by atoms with Crippen molar-refractivity contribution < 1.29 is 9.47 Å². The Hall–Kier alpha value is -3.49. The molecule has 2 aliphatic rings. The van der Waals surface area contributed by atoms with Gasteiger partial charge in [0.05, 0.1) is 24.9 Å². The zero-order chi connectivity index (χ0) is 24.5. The van der Waals surface area contributed by atoms with E-state index in [1.54, 1.807) is 0 Å². The number of nitrogens with zero attached hydrogens (tertiary/aromatic N) is 5. The molecule has 0 bridgehead atoms. The zero-order valence-corrected chi connectivity index (χ0v) is 20.9. The number of morpholine rings is 1. The first-order valence-corrected chi connectivity index (χ1v) is 12.8. The zero-order valence-electron chi connectivity index (χ0n) is 20.9. The summed E-state index contributed by atoms with van der Waals surface area (Å²) in [6.07, 6.45) is 6.81. The minimum Gasteiger partial charge on any atom is -0.388 e. The predicted molar refractivity (Wildman–Crippen MR) is 142 cm³/mol. The van der Waals surface area contributed by atoms with Crippen molar-refractivity contribution in [1.29, 1.82) is 0 Å². The summed E-state index contributed by atoms with van der Waals surface area (Å²) in [7, 11) is 1.96. The van der Waals surface area contributed by atoms with Gasteiger partial charge in [-0.3, -0.25) is 4.98 Å². The first kappa shape index (κ1) is 22.9. The number of rotatable bonds is 5. The van der Waals surface area contributed by atoms with Crippen molar-refractivity contribution in [2.24, 2.45) is 0 Å². The van der Waals surface area contributed by atoms with Gasteiger partial charge in [0, 0.05) is 49.2 Å². The van der Waals surface area contributed by atoms with Crippen molar-refractivity contribution in [3.63, 3.8) is 0 Å². The summed E-state index contributed by atoms with van der Waals surface area (Å²) in [5, 5.41) is 9.06. The number of nitrogens with one attached hydrogen (secondary N) is 1. The third kappa shape index (κ3) is 4.10. The van der Waals surface area contributed by atoms with Crippen LogP contribution in [0.3, 0.4) is 0 Å². The van der Waals surface area contributed by atoms with Crippen molar-refractivity contribution in [3.8, 4) is 22.5 Å². The van der Waals surface area contributed by atoms with Crippen LogP contribution in [0.4, 0.5) is 11.5 Å². The fraction of sp³-hybridized carbons (Fsp3) is 0.393. The second-order valence-corrected chi connectivity index (χ2v) is 9.48. The second kappa shape index (κ2) is 9.87. The Kier molecular flexibility index (Phi) is 6.29. The van der Waals surface area contributed by atoms with Crippen LogP contribution in [0.5, 0.6) is 0 Å². The lowest BCUT2D eigenvalue weighted by Crippen LogP contribution is -2.44. The quantitative estimate of drug-likeness (QED) is 0.421. The minimum atomic E-state index is -0.0762. The van der Waals surface area contributed by atoms with E-state index in [4.69, 9.17) is 19.4 Å². The summed E-state index contributed by atoms with van der Waals surface area (Å²) in [5.41, 5.74) is 5.96. The molecule has 8 nitrogen and oxygen atoms in total. The maximum Gasteiger partial charge on any atom is 0.150 e. The summed E-state index contributed by atoms with van der Waals surface area (Å²) >= 11 is 0. The van der Waals surface area contributed by atoms with Gasteiger partial charge in [-0.1, -0.05) is 18.2 Å². The fourth-order valence-electron chi connectivity index (χ4n) is 5.35. The summed E-state index contributed by atoms with van der Waals surface area (Å²) < 4.78 is 13.8. The molecule has 6 rings (SSSR count). The smallest absolute Gasteiger partial charge is 0.150 e. The normalized spacial score (nSPS) is 20.6. The standard InChI is InChI=1S/C28H32N6O2/c1-19-18-35-16-14-33(19)25-17-22(20-7-3-4-8-23(20)29-2)21-10-12-30-28(27(21)32-25)24-11-13-31-34(24)26-9-5-6-15-36-26/h3-4,7-8,10-13,17,19,26,29H,5-6,9,14-16,18H2,1-2H3. The van der Waals surface area contributed by atoms with E-state index < -0.39 is 0 Å². The number of anilines is 2. The molecule has 2 saturated heterocycles. The van der Waals surface area contributed by atoms with Crippen LogP contribution >= 0.6 is 0 Å². The highest BCUT2D eigenvalue weighted by Crippen LogP contribution is 2.39. The Labute approximate surface area is 211 Å². The molecule has 0 spiro atoms. The SMILES string of the molecule is CNc1ccccc1-c1cc(N2CCOCC2C)nc2c(-c3ccnn3C3CCCCO3)nccc12. The van der Waals surface area contributed by atoms with E-state index in [0.717, 1.165) is 77.3 Å². The number of ether oxygens (including phenoxy) is 2. The van der Waals surface area contributed by atoms with Gasteiger partial charge < -0.3 is 19.7 Å². The predicted octanol–water partition coefficient (Wildman–Crippen LogP) is 5.13. The van der Waals surface area contributed by atoms with Gasteiger partial charge in [-0.2, -0.15) is 5.10 Å². The van der Waals surface area contributed by atoms with E-state index in [9.17, 15) is 0 Å². The highest BCUT2D eigenvalue weighted by atomic mass is 16.5. The minimum absolute atomic E-state index is 0.0762. The number of benzene rings is 1. The Morgan fingerprint density at radius 3 is 2.78 bits per heavy atom. The van der Waals surface area contributed by atoms with Crippen molar-refractivity contribution >= 4 is 22.4 Å². The van der Waals surface area contributed by atoms with Crippen LogP contribution < -0.4 is 10.2 Å². The molecule has 2 aliphatic heterocycles. The summed E-state index contributed by atoms with van der Waals surface area (Å²) in [6, 6.07) is 14.9. The van der Waals surface area contributed by atoms with Crippen LogP contribution in [0.2, 0.25) is 0 Å². The Bertz CT molecular complexity index is 1360. The molecule has 0 saturated carbocycles. The average molecular weight is 485 g/mol. The molecule has 3 aromatic heterocycles. The van der Waals surface area contributed by atoms with Crippen LogP contribution in [0, 0.1) is 0 Å². The molecule has 186 valence electrons. The molecule has 8 heteroatoms. The monoisotopic (exact) mass is 484 g/mol. The van der Waals surface area contributed by atoms with Crippen molar-refractivity contribution in [2.75, 3.05) is 43.6 Å². The van der Waals surface area contributed by atoms with Gasteiger partial charge in [0.1, 0.15) is 17.0 Å². The van der Waals surface area contributed by atoms with Gasteiger partial charge in [0.15, 0.2) is 6.23 Å². The van der Waals surface area contributed by atoms with E-state index >= 15 is 0 Å². The van der Waals surface area contributed by atoms with Crippen molar-refractivity contribution in [1.82, 2.24) is 19.7 Å². The van der Waals surface area contributed by atoms with Gasteiger partial charge in [0.25, 0.3) is 0 Å². The number of para-hydroxylation sites is 1. The van der Waals surface area contributed by atoms with E-state index in [-0.39, 0.29) is 12.3 Å². The third-order valence-corrected chi connectivity index (χ3v) is 7.20. The molecule has 0 aliphatic carbocycles. The molecule has 2 unspecified atom stereocenters. The van der Waals surface area contributed by atoms with E-state index in [2.05, 4.69) is 58.6 Å². The lowest BCUT2D eigenvalue weighted by molar-refractivity contribution is -0.0383. The maximum atomic E-state index is 6.07. The van der Waals surface area contributed by atoms with Gasteiger partial charge in [-0.05, 0) is 56.0 Å². The Morgan fingerprint density at radius 1 is 1.03 bits per heavy atom. The highest BCUT2D eigenvalue weighted by Gasteiger charge is 2.25. The molecular weight excluding hydrogens is 452 g/mol. The number of hydrogen-bond donors (Lipinski definition) is 1. The summed E-state index contributed by atoms with van der Waals surface area (Å²) in [4.78, 5) is 12.4. The number of fused-ring (bicyclic) bond motifs is 1. The molecule has 0 radical (unpaired) electrons. The second-order valence-electron chi connectivity index (χ2n) is 9.48. The number of aromatic nitrogens is 4. The number of hydrogen-bond acceptors (Lipinski definition) is 7. The molecule has 1 aromatic carbocycles. The Morgan fingerprint density at radius 2 is 1.94 bits per heavy atom. The van der Waals surface area contributed by atoms with Crippen molar-refractivity contribution in [2.45, 2.75) is 38.5 Å². The van der Waals surface area contributed by atoms with Crippen molar-refractivity contribution in [3.05, 3.63) is 54.9 Å². The summed E-state index contributed by atoms with van der Waals surface area (Å²) in [5.74, 6) is 0.938. The van der Waals surface area contributed by atoms with Gasteiger partial charge >= 0.3 is 0 Å². The van der Waals surface area contributed by atoms with Gasteiger partial charge in [-0.15, -0.1) is 0 Å². The van der Waals surface area contributed by atoms with E-state index in [1.165, 1.54) is 0 Å². The van der Waals surface area contributed by atoms with E-state index in [0.29, 0.717) is 13.2 Å². The fourth-order valence-corrected chi connectivity index (χ4v) is 5.35. The van der Waals surface area contributed by atoms with Crippen LogP contribution in [0.15, 0.2) is 54.9 Å². The number of pyridine rings is 2. The molecule has 2 atom stereocenters. The first-order valence-electron chi connectivity index (χ1n) is 12.8. The molecule has 36 heavy (non-hydrogen) atoms.